The van der Waals surface area contributed by atoms with Crippen LogP contribution in [0.15, 0.2) is 48.5 Å². The fourth-order valence-electron chi connectivity index (χ4n) is 2.56. The van der Waals surface area contributed by atoms with Crippen molar-refractivity contribution in [1.29, 1.82) is 0 Å². The predicted octanol–water partition coefficient (Wildman–Crippen LogP) is 4.72. The molecule has 3 heteroatoms. The van der Waals surface area contributed by atoms with Crippen LogP contribution in [0, 0.1) is 0 Å². The number of halogens is 1. The molecule has 0 fully saturated rings. The van der Waals surface area contributed by atoms with Crippen LogP contribution >= 0.6 is 11.6 Å². The van der Waals surface area contributed by atoms with Gasteiger partial charge in [-0.1, -0.05) is 42.8 Å². The molecule has 2 aromatic rings. The molecular formula is C18H22ClNO. The van der Waals surface area contributed by atoms with E-state index >= 15 is 0 Å². The summed E-state index contributed by atoms with van der Waals surface area (Å²) in [5.41, 5.74) is 2.44. The molecule has 0 saturated heterocycles. The van der Waals surface area contributed by atoms with E-state index in [1.165, 1.54) is 11.1 Å². The first-order valence-corrected chi connectivity index (χ1v) is 7.75. The molecule has 2 atom stereocenters. The van der Waals surface area contributed by atoms with Crippen molar-refractivity contribution in [2.24, 2.45) is 0 Å². The summed E-state index contributed by atoms with van der Waals surface area (Å²) in [5, 5.41) is 13.7. The zero-order valence-corrected chi connectivity index (χ0v) is 13.3. The molecule has 0 aliphatic carbocycles. The molecule has 0 radical (unpaired) electrons. The molecular weight excluding hydrogens is 282 g/mol. The molecule has 0 aliphatic rings. The van der Waals surface area contributed by atoms with Crippen LogP contribution in [0.5, 0.6) is 5.75 Å². The average Bonchev–Trinajstić information content (AvgIpc) is 2.47. The van der Waals surface area contributed by atoms with E-state index in [0.29, 0.717) is 17.8 Å². The molecule has 112 valence electrons. The summed E-state index contributed by atoms with van der Waals surface area (Å²) in [6.07, 6.45) is 1.94. The van der Waals surface area contributed by atoms with Crippen molar-refractivity contribution in [3.05, 3.63) is 64.7 Å². The monoisotopic (exact) mass is 303 g/mol. The Balaban J connectivity index is 1.99. The zero-order chi connectivity index (χ0) is 15.2. The Kier molecular flexibility index (Phi) is 5.66. The number of aromatic hydroxyl groups is 1. The Hall–Kier alpha value is -1.51. The summed E-state index contributed by atoms with van der Waals surface area (Å²) in [4.78, 5) is 0. The zero-order valence-electron chi connectivity index (χ0n) is 12.5. The van der Waals surface area contributed by atoms with E-state index in [1.54, 1.807) is 12.1 Å². The topological polar surface area (TPSA) is 32.3 Å². The van der Waals surface area contributed by atoms with Crippen LogP contribution < -0.4 is 5.32 Å². The second-order valence-electron chi connectivity index (χ2n) is 5.45. The first-order valence-electron chi connectivity index (χ1n) is 7.38. The third kappa shape index (κ3) is 4.76. The van der Waals surface area contributed by atoms with Crippen LogP contribution in [0.3, 0.4) is 0 Å². The van der Waals surface area contributed by atoms with Gasteiger partial charge in [-0.05, 0) is 55.2 Å². The van der Waals surface area contributed by atoms with Crippen LogP contribution in [0.2, 0.25) is 5.02 Å². The van der Waals surface area contributed by atoms with Crippen LogP contribution in [-0.4, -0.2) is 11.1 Å². The second kappa shape index (κ2) is 7.48. The Morgan fingerprint density at radius 3 is 2.48 bits per heavy atom. The Morgan fingerprint density at radius 1 is 1.14 bits per heavy atom. The predicted molar refractivity (Wildman–Crippen MR) is 88.9 cm³/mol. The van der Waals surface area contributed by atoms with E-state index in [-0.39, 0.29) is 0 Å². The SMILES string of the molecule is CCC(NC(C)Cc1ccc(O)cc1)c1cccc(Cl)c1. The first kappa shape index (κ1) is 15.9. The van der Waals surface area contributed by atoms with E-state index in [9.17, 15) is 5.11 Å². The van der Waals surface area contributed by atoms with Crippen molar-refractivity contribution in [3.63, 3.8) is 0 Å². The Morgan fingerprint density at radius 2 is 1.86 bits per heavy atom. The summed E-state index contributed by atoms with van der Waals surface area (Å²) in [6, 6.07) is 16.1. The van der Waals surface area contributed by atoms with Crippen LogP contribution in [0.1, 0.15) is 37.4 Å². The van der Waals surface area contributed by atoms with E-state index in [2.05, 4.69) is 25.2 Å². The maximum Gasteiger partial charge on any atom is 0.115 e. The van der Waals surface area contributed by atoms with Crippen molar-refractivity contribution >= 4 is 11.6 Å². The van der Waals surface area contributed by atoms with Gasteiger partial charge in [-0.3, -0.25) is 0 Å². The number of phenolic OH excluding ortho intramolecular Hbond substituents is 1. The molecule has 2 N–H and O–H groups in total. The summed E-state index contributed by atoms with van der Waals surface area (Å²) in [6.45, 7) is 4.35. The lowest BCUT2D eigenvalue weighted by atomic mass is 10.0. The maximum atomic E-state index is 9.32. The van der Waals surface area contributed by atoms with Gasteiger partial charge in [0.15, 0.2) is 0 Å². The molecule has 2 rings (SSSR count). The molecule has 2 nitrogen and oxygen atoms in total. The minimum atomic E-state index is 0.302. The van der Waals surface area contributed by atoms with Crippen molar-refractivity contribution in [2.45, 2.75) is 38.8 Å². The highest BCUT2D eigenvalue weighted by Gasteiger charge is 2.13. The standard InChI is InChI=1S/C18H22ClNO/c1-3-18(15-5-4-6-16(19)12-15)20-13(2)11-14-7-9-17(21)10-8-14/h4-10,12-13,18,20-21H,3,11H2,1-2H3. The van der Waals surface area contributed by atoms with Gasteiger partial charge >= 0.3 is 0 Å². The molecule has 0 spiro atoms. The summed E-state index contributed by atoms with van der Waals surface area (Å²) >= 11 is 6.08. The molecule has 0 heterocycles. The second-order valence-corrected chi connectivity index (χ2v) is 5.89. The molecule has 0 aromatic heterocycles. The van der Waals surface area contributed by atoms with Crippen LogP contribution in [0.25, 0.3) is 0 Å². The third-order valence-corrected chi connectivity index (χ3v) is 3.86. The number of nitrogens with one attached hydrogen (secondary N) is 1. The molecule has 2 unspecified atom stereocenters. The molecule has 0 amide bonds. The Labute approximate surface area is 131 Å². The van der Waals surface area contributed by atoms with Gasteiger partial charge in [-0.2, -0.15) is 0 Å². The number of benzene rings is 2. The van der Waals surface area contributed by atoms with E-state index in [0.717, 1.165) is 17.9 Å². The van der Waals surface area contributed by atoms with Gasteiger partial charge in [0.1, 0.15) is 5.75 Å². The Bertz CT molecular complexity index is 568. The highest BCUT2D eigenvalue weighted by Crippen LogP contribution is 2.21. The van der Waals surface area contributed by atoms with Gasteiger partial charge < -0.3 is 10.4 Å². The molecule has 0 saturated carbocycles. The van der Waals surface area contributed by atoms with Gasteiger partial charge in [-0.25, -0.2) is 0 Å². The van der Waals surface area contributed by atoms with Gasteiger partial charge in [0.05, 0.1) is 0 Å². The summed E-state index contributed by atoms with van der Waals surface area (Å²) in [5.74, 6) is 0.310. The number of hydrogen-bond donors (Lipinski definition) is 2. The molecule has 0 aliphatic heterocycles. The molecule has 0 bridgehead atoms. The molecule has 2 aromatic carbocycles. The lowest BCUT2D eigenvalue weighted by Gasteiger charge is -2.23. The molecule has 21 heavy (non-hydrogen) atoms. The maximum absolute atomic E-state index is 9.32. The lowest BCUT2D eigenvalue weighted by Crippen LogP contribution is -2.31. The average molecular weight is 304 g/mol. The van der Waals surface area contributed by atoms with Gasteiger partial charge in [0.2, 0.25) is 0 Å². The van der Waals surface area contributed by atoms with Crippen molar-refractivity contribution < 1.29 is 5.11 Å². The fourth-order valence-corrected chi connectivity index (χ4v) is 2.76. The third-order valence-electron chi connectivity index (χ3n) is 3.62. The highest BCUT2D eigenvalue weighted by atomic mass is 35.5. The van der Waals surface area contributed by atoms with Crippen molar-refractivity contribution in [2.75, 3.05) is 0 Å². The largest absolute Gasteiger partial charge is 0.508 e. The minimum absolute atomic E-state index is 0.302. The first-order chi connectivity index (χ1) is 10.1. The quantitative estimate of drug-likeness (QED) is 0.809. The lowest BCUT2D eigenvalue weighted by molar-refractivity contribution is 0.443. The van der Waals surface area contributed by atoms with E-state index in [1.807, 2.05) is 30.3 Å². The number of rotatable bonds is 6. The van der Waals surface area contributed by atoms with Crippen molar-refractivity contribution in [3.8, 4) is 5.75 Å². The van der Waals surface area contributed by atoms with Crippen LogP contribution in [-0.2, 0) is 6.42 Å². The minimum Gasteiger partial charge on any atom is -0.508 e. The van der Waals surface area contributed by atoms with Gasteiger partial charge in [0.25, 0.3) is 0 Å². The van der Waals surface area contributed by atoms with E-state index in [4.69, 9.17) is 11.6 Å². The highest BCUT2D eigenvalue weighted by molar-refractivity contribution is 6.30. The van der Waals surface area contributed by atoms with E-state index < -0.39 is 0 Å². The summed E-state index contributed by atoms with van der Waals surface area (Å²) < 4.78 is 0. The van der Waals surface area contributed by atoms with Gasteiger partial charge in [0, 0.05) is 17.1 Å². The van der Waals surface area contributed by atoms with Crippen molar-refractivity contribution in [1.82, 2.24) is 5.32 Å². The number of hydrogen-bond acceptors (Lipinski definition) is 2. The fraction of sp³-hybridized carbons (Fsp3) is 0.333. The van der Waals surface area contributed by atoms with Gasteiger partial charge in [-0.15, -0.1) is 0 Å². The smallest absolute Gasteiger partial charge is 0.115 e. The number of phenols is 1. The van der Waals surface area contributed by atoms with Crippen LogP contribution in [0.4, 0.5) is 0 Å². The normalized spacial score (nSPS) is 13.9. The summed E-state index contributed by atoms with van der Waals surface area (Å²) in [7, 11) is 0.